The summed E-state index contributed by atoms with van der Waals surface area (Å²) in [6, 6.07) is 5.84. The van der Waals surface area contributed by atoms with E-state index in [9.17, 15) is 0 Å². The van der Waals surface area contributed by atoms with Gasteiger partial charge in [0.2, 0.25) is 0 Å². The van der Waals surface area contributed by atoms with Crippen LogP contribution in [0.4, 0.5) is 11.4 Å². The van der Waals surface area contributed by atoms with Crippen LogP contribution in [0.1, 0.15) is 0 Å². The number of nitrogens with two attached hydrogens (primary N) is 1. The van der Waals surface area contributed by atoms with E-state index in [1.807, 2.05) is 25.2 Å². The predicted molar refractivity (Wildman–Crippen MR) is 69.2 cm³/mol. The minimum atomic E-state index is 0.700. The van der Waals surface area contributed by atoms with Crippen LogP contribution in [0.25, 0.3) is 0 Å². The van der Waals surface area contributed by atoms with E-state index in [2.05, 4.69) is 23.9 Å². The van der Waals surface area contributed by atoms with Crippen molar-refractivity contribution in [3.8, 4) is 5.75 Å². The van der Waals surface area contributed by atoms with E-state index in [1.54, 1.807) is 7.11 Å². The highest BCUT2D eigenvalue weighted by molar-refractivity contribution is 5.73. The van der Waals surface area contributed by atoms with Gasteiger partial charge in [0, 0.05) is 20.1 Å². The summed E-state index contributed by atoms with van der Waals surface area (Å²) in [5.74, 6) is 0.731. The number of methoxy groups -OCH3 is 1. The van der Waals surface area contributed by atoms with Gasteiger partial charge in [-0.3, -0.25) is 0 Å². The Kier molecular flexibility index (Phi) is 4.43. The first-order valence-corrected chi connectivity index (χ1v) is 5.34. The number of nitrogen functional groups attached to an aromatic ring is 1. The highest BCUT2D eigenvalue weighted by Crippen LogP contribution is 2.30. The van der Waals surface area contributed by atoms with Gasteiger partial charge in [0.25, 0.3) is 0 Å². The first-order valence-electron chi connectivity index (χ1n) is 5.34. The molecule has 0 heterocycles. The van der Waals surface area contributed by atoms with Crippen molar-refractivity contribution < 1.29 is 4.74 Å². The largest absolute Gasteiger partial charge is 0.495 e. The van der Waals surface area contributed by atoms with Crippen molar-refractivity contribution >= 4 is 11.4 Å². The lowest BCUT2D eigenvalue weighted by Gasteiger charge is -2.23. The molecule has 0 aliphatic heterocycles. The topological polar surface area (TPSA) is 41.7 Å². The molecule has 0 radical (unpaired) electrons. The summed E-state index contributed by atoms with van der Waals surface area (Å²) in [7, 11) is 7.79. The van der Waals surface area contributed by atoms with Gasteiger partial charge in [-0.15, -0.1) is 0 Å². The Labute approximate surface area is 97.6 Å². The Bertz CT molecular complexity index is 339. The van der Waals surface area contributed by atoms with Gasteiger partial charge >= 0.3 is 0 Å². The van der Waals surface area contributed by atoms with Crippen LogP contribution in [-0.2, 0) is 0 Å². The van der Waals surface area contributed by atoms with E-state index in [1.165, 1.54) is 0 Å². The van der Waals surface area contributed by atoms with Crippen LogP contribution in [-0.4, -0.2) is 46.2 Å². The van der Waals surface area contributed by atoms with Crippen LogP contribution >= 0.6 is 0 Å². The second-order valence-corrected chi connectivity index (χ2v) is 4.12. The van der Waals surface area contributed by atoms with Crippen LogP contribution in [0.2, 0.25) is 0 Å². The van der Waals surface area contributed by atoms with Gasteiger partial charge in [0.05, 0.1) is 18.5 Å². The minimum absolute atomic E-state index is 0.700. The summed E-state index contributed by atoms with van der Waals surface area (Å²) in [5, 5.41) is 0. The summed E-state index contributed by atoms with van der Waals surface area (Å²) in [4.78, 5) is 4.28. The van der Waals surface area contributed by atoms with Gasteiger partial charge in [0.1, 0.15) is 5.75 Å². The highest BCUT2D eigenvalue weighted by Gasteiger charge is 2.09. The second-order valence-electron chi connectivity index (χ2n) is 4.12. The Hall–Kier alpha value is -1.42. The Morgan fingerprint density at radius 3 is 2.44 bits per heavy atom. The van der Waals surface area contributed by atoms with E-state index < -0.39 is 0 Å². The number of anilines is 2. The lowest BCUT2D eigenvalue weighted by atomic mass is 10.2. The number of likely N-dealkylation sites (N-methyl/N-ethyl adjacent to an activating group) is 2. The van der Waals surface area contributed by atoms with Gasteiger partial charge in [-0.2, -0.15) is 0 Å². The maximum absolute atomic E-state index is 6.02. The first kappa shape index (κ1) is 12.6. The van der Waals surface area contributed by atoms with E-state index in [0.29, 0.717) is 5.69 Å². The molecule has 0 aromatic heterocycles. The predicted octanol–water partition coefficient (Wildman–Crippen LogP) is 1.28. The zero-order chi connectivity index (χ0) is 12.1. The molecule has 0 bridgehead atoms. The molecule has 0 unspecified atom stereocenters. The fourth-order valence-electron chi connectivity index (χ4n) is 1.51. The van der Waals surface area contributed by atoms with Crippen molar-refractivity contribution in [2.24, 2.45) is 0 Å². The molecule has 0 atom stereocenters. The normalized spacial score (nSPS) is 10.6. The molecule has 1 rings (SSSR count). The Morgan fingerprint density at radius 2 is 1.88 bits per heavy atom. The summed E-state index contributed by atoms with van der Waals surface area (Å²) >= 11 is 0. The third-order valence-corrected chi connectivity index (χ3v) is 2.56. The van der Waals surface area contributed by atoms with Gasteiger partial charge in [-0.25, -0.2) is 0 Å². The lowest BCUT2D eigenvalue weighted by Crippen LogP contribution is -2.28. The molecule has 0 saturated carbocycles. The molecule has 0 amide bonds. The third kappa shape index (κ3) is 3.03. The fraction of sp³-hybridized carbons (Fsp3) is 0.500. The smallest absolute Gasteiger partial charge is 0.143 e. The van der Waals surface area contributed by atoms with Gasteiger partial charge in [-0.1, -0.05) is 6.07 Å². The zero-order valence-corrected chi connectivity index (χ0v) is 10.5. The van der Waals surface area contributed by atoms with Crippen LogP contribution in [0.3, 0.4) is 0 Å². The van der Waals surface area contributed by atoms with Crippen molar-refractivity contribution in [2.75, 3.05) is 52.0 Å². The molecule has 1 aromatic rings. The average Bonchev–Trinajstić information content (AvgIpc) is 2.26. The number of nitrogens with zero attached hydrogens (tertiary/aromatic N) is 2. The van der Waals surface area contributed by atoms with E-state index in [4.69, 9.17) is 10.5 Å². The molecule has 16 heavy (non-hydrogen) atoms. The number of benzene rings is 1. The Morgan fingerprint density at radius 1 is 1.19 bits per heavy atom. The molecule has 0 saturated heterocycles. The van der Waals surface area contributed by atoms with Crippen LogP contribution in [0, 0.1) is 0 Å². The van der Waals surface area contributed by atoms with Gasteiger partial charge < -0.3 is 20.3 Å². The lowest BCUT2D eigenvalue weighted by molar-refractivity contribution is 0.414. The zero-order valence-electron chi connectivity index (χ0n) is 10.5. The van der Waals surface area contributed by atoms with Crippen molar-refractivity contribution in [3.63, 3.8) is 0 Å². The molecule has 2 N–H and O–H groups in total. The van der Waals surface area contributed by atoms with E-state index in [0.717, 1.165) is 24.5 Å². The van der Waals surface area contributed by atoms with Crippen molar-refractivity contribution in [1.29, 1.82) is 0 Å². The van der Waals surface area contributed by atoms with Crippen LogP contribution in [0.5, 0.6) is 5.75 Å². The summed E-state index contributed by atoms with van der Waals surface area (Å²) in [6.45, 7) is 1.93. The standard InChI is InChI=1S/C12H21N3O/c1-14(2)8-9-15(3)10-6-5-7-11(16-4)12(10)13/h5-7H,8-9,13H2,1-4H3. The summed E-state index contributed by atoms with van der Waals surface area (Å²) in [6.07, 6.45) is 0. The molecule has 0 fully saturated rings. The van der Waals surface area contributed by atoms with Crippen molar-refractivity contribution in [1.82, 2.24) is 4.90 Å². The molecular formula is C12H21N3O. The third-order valence-electron chi connectivity index (χ3n) is 2.56. The van der Waals surface area contributed by atoms with Crippen LogP contribution in [0.15, 0.2) is 18.2 Å². The van der Waals surface area contributed by atoms with Crippen LogP contribution < -0.4 is 15.4 Å². The summed E-state index contributed by atoms with van der Waals surface area (Å²) in [5.41, 5.74) is 7.74. The minimum Gasteiger partial charge on any atom is -0.495 e. The Balaban J connectivity index is 2.78. The van der Waals surface area contributed by atoms with Crippen molar-refractivity contribution in [3.05, 3.63) is 18.2 Å². The summed E-state index contributed by atoms with van der Waals surface area (Å²) < 4.78 is 5.20. The number of hydrogen-bond acceptors (Lipinski definition) is 4. The van der Waals surface area contributed by atoms with Crippen molar-refractivity contribution in [2.45, 2.75) is 0 Å². The number of ether oxygens (including phenoxy) is 1. The highest BCUT2D eigenvalue weighted by atomic mass is 16.5. The maximum Gasteiger partial charge on any atom is 0.143 e. The quantitative estimate of drug-likeness (QED) is 0.763. The maximum atomic E-state index is 6.02. The van der Waals surface area contributed by atoms with Gasteiger partial charge in [0.15, 0.2) is 0 Å². The molecule has 90 valence electrons. The van der Waals surface area contributed by atoms with E-state index in [-0.39, 0.29) is 0 Å². The molecular weight excluding hydrogens is 202 g/mol. The SMILES string of the molecule is COc1cccc(N(C)CCN(C)C)c1N. The average molecular weight is 223 g/mol. The second kappa shape index (κ2) is 5.61. The molecule has 0 aliphatic rings. The molecule has 4 nitrogen and oxygen atoms in total. The monoisotopic (exact) mass is 223 g/mol. The molecule has 0 aliphatic carbocycles. The fourth-order valence-corrected chi connectivity index (χ4v) is 1.51. The molecule has 4 heteroatoms. The first-order chi connectivity index (χ1) is 7.56. The number of para-hydroxylation sites is 1. The number of hydrogen-bond donors (Lipinski definition) is 1. The number of rotatable bonds is 5. The molecule has 1 aromatic carbocycles. The van der Waals surface area contributed by atoms with E-state index >= 15 is 0 Å². The van der Waals surface area contributed by atoms with Gasteiger partial charge in [-0.05, 0) is 26.2 Å². The molecule has 0 spiro atoms.